The average molecular weight is 354 g/mol. The van der Waals surface area contributed by atoms with Crippen LogP contribution in [0.5, 0.6) is 0 Å². The molecule has 6 heteroatoms. The predicted molar refractivity (Wildman–Crippen MR) is 96.8 cm³/mol. The van der Waals surface area contributed by atoms with E-state index in [0.29, 0.717) is 11.1 Å². The van der Waals surface area contributed by atoms with Crippen molar-refractivity contribution >= 4 is 22.8 Å². The second-order valence-electron chi connectivity index (χ2n) is 6.13. The first-order valence-electron chi connectivity index (χ1n) is 8.27. The minimum Gasteiger partial charge on any atom is -0.451 e. The molecule has 0 spiro atoms. The Labute approximate surface area is 150 Å². The highest BCUT2D eigenvalue weighted by molar-refractivity contribution is 5.96. The molecule has 0 aliphatic heterocycles. The maximum Gasteiger partial charge on any atom is 0.287 e. The fraction of sp³-hybridized carbons (Fsp3) is 0.200. The molecule has 0 unspecified atom stereocenters. The Bertz CT molecular complexity index is 978. The van der Waals surface area contributed by atoms with Gasteiger partial charge in [-0.15, -0.1) is 0 Å². The van der Waals surface area contributed by atoms with Gasteiger partial charge in [0.1, 0.15) is 11.4 Å². The summed E-state index contributed by atoms with van der Waals surface area (Å²) in [5, 5.41) is 6.18. The first kappa shape index (κ1) is 17.7. The molecule has 0 saturated heterocycles. The van der Waals surface area contributed by atoms with E-state index in [2.05, 4.69) is 10.6 Å². The Hall–Kier alpha value is -3.15. The van der Waals surface area contributed by atoms with Crippen molar-refractivity contribution in [1.29, 1.82) is 0 Å². The van der Waals surface area contributed by atoms with Crippen LogP contribution in [0.3, 0.4) is 0 Å². The zero-order valence-corrected chi connectivity index (χ0v) is 14.6. The van der Waals surface area contributed by atoms with Crippen molar-refractivity contribution in [2.75, 3.05) is 13.1 Å². The highest BCUT2D eigenvalue weighted by Crippen LogP contribution is 2.20. The normalized spacial score (nSPS) is 10.7. The number of nitrogens with one attached hydrogen (secondary N) is 2. The van der Waals surface area contributed by atoms with E-state index in [-0.39, 0.29) is 30.3 Å². The van der Waals surface area contributed by atoms with E-state index in [0.717, 1.165) is 10.9 Å². The molecule has 0 bridgehead atoms. The van der Waals surface area contributed by atoms with Gasteiger partial charge in [-0.05, 0) is 49.7 Å². The van der Waals surface area contributed by atoms with Gasteiger partial charge < -0.3 is 15.1 Å². The quantitative estimate of drug-likeness (QED) is 0.690. The summed E-state index contributed by atoms with van der Waals surface area (Å²) >= 11 is 0. The van der Waals surface area contributed by atoms with Gasteiger partial charge in [0, 0.05) is 24.0 Å². The fourth-order valence-corrected chi connectivity index (χ4v) is 2.55. The van der Waals surface area contributed by atoms with Crippen LogP contribution in [0.2, 0.25) is 0 Å². The minimum absolute atomic E-state index is 0.220. The number of rotatable bonds is 5. The molecule has 0 saturated carbocycles. The zero-order valence-electron chi connectivity index (χ0n) is 14.6. The summed E-state index contributed by atoms with van der Waals surface area (Å²) in [6.07, 6.45) is 0. The van der Waals surface area contributed by atoms with Crippen molar-refractivity contribution in [2.45, 2.75) is 13.8 Å². The summed E-state index contributed by atoms with van der Waals surface area (Å²) in [6.45, 7) is 4.05. The number of hydrogen-bond acceptors (Lipinski definition) is 3. The van der Waals surface area contributed by atoms with Crippen LogP contribution in [0.1, 0.15) is 32.0 Å². The summed E-state index contributed by atoms with van der Waals surface area (Å²) in [4.78, 5) is 24.1. The van der Waals surface area contributed by atoms with Gasteiger partial charge in [-0.3, -0.25) is 9.59 Å². The van der Waals surface area contributed by atoms with Gasteiger partial charge in [-0.25, -0.2) is 4.39 Å². The molecule has 2 aromatic carbocycles. The number of aryl methyl sites for hydroxylation is 2. The molecule has 3 rings (SSSR count). The van der Waals surface area contributed by atoms with E-state index >= 15 is 0 Å². The minimum atomic E-state index is -0.425. The van der Waals surface area contributed by atoms with Gasteiger partial charge in [-0.2, -0.15) is 0 Å². The van der Waals surface area contributed by atoms with Crippen LogP contribution in [0.4, 0.5) is 4.39 Å². The van der Waals surface area contributed by atoms with Crippen LogP contribution < -0.4 is 10.6 Å². The van der Waals surface area contributed by atoms with Crippen LogP contribution in [0.25, 0.3) is 11.0 Å². The molecule has 2 amide bonds. The molecule has 1 heterocycles. The lowest BCUT2D eigenvalue weighted by molar-refractivity contribution is 0.0912. The van der Waals surface area contributed by atoms with E-state index in [9.17, 15) is 14.0 Å². The van der Waals surface area contributed by atoms with E-state index in [1.807, 2.05) is 25.1 Å². The van der Waals surface area contributed by atoms with Crippen LogP contribution in [-0.2, 0) is 0 Å². The fourth-order valence-electron chi connectivity index (χ4n) is 2.55. The highest BCUT2D eigenvalue weighted by atomic mass is 19.1. The Morgan fingerprint density at radius 1 is 0.962 bits per heavy atom. The van der Waals surface area contributed by atoms with Crippen molar-refractivity contribution in [2.24, 2.45) is 0 Å². The average Bonchev–Trinajstić information content (AvgIpc) is 3.03. The number of halogens is 1. The first-order chi connectivity index (χ1) is 12.4. The summed E-state index contributed by atoms with van der Waals surface area (Å²) in [6, 6.07) is 11.7. The summed E-state index contributed by atoms with van der Waals surface area (Å²) < 4.78 is 19.0. The van der Waals surface area contributed by atoms with Gasteiger partial charge in [0.15, 0.2) is 5.76 Å². The standard InChI is InChI=1S/C20H19FN2O3/c1-12-3-6-17-15(9-12)11-18(26-17)20(25)23-8-7-22-19(24)14-5-4-13(2)16(21)10-14/h3-6,9-11H,7-8H2,1-2H3,(H,22,24)(H,23,25). The SMILES string of the molecule is Cc1ccc2oc(C(=O)NCCNC(=O)c3ccc(C)c(F)c3)cc2c1. The maximum absolute atomic E-state index is 13.5. The van der Waals surface area contributed by atoms with Crippen LogP contribution in [0.15, 0.2) is 46.9 Å². The number of carbonyl (C=O) groups excluding carboxylic acids is 2. The van der Waals surface area contributed by atoms with Crippen molar-refractivity contribution in [3.8, 4) is 0 Å². The highest BCUT2D eigenvalue weighted by Gasteiger charge is 2.12. The summed E-state index contributed by atoms with van der Waals surface area (Å²) in [5.74, 6) is -0.949. The molecular formula is C20H19FN2O3. The van der Waals surface area contributed by atoms with Crippen molar-refractivity contribution in [3.63, 3.8) is 0 Å². The lowest BCUT2D eigenvalue weighted by atomic mass is 10.1. The van der Waals surface area contributed by atoms with Crippen molar-refractivity contribution < 1.29 is 18.4 Å². The Morgan fingerprint density at radius 3 is 2.42 bits per heavy atom. The van der Waals surface area contributed by atoms with Gasteiger partial charge >= 0.3 is 0 Å². The van der Waals surface area contributed by atoms with E-state index < -0.39 is 11.7 Å². The zero-order chi connectivity index (χ0) is 18.7. The summed E-state index contributed by atoms with van der Waals surface area (Å²) in [7, 11) is 0. The van der Waals surface area contributed by atoms with Crippen molar-refractivity contribution in [3.05, 3.63) is 70.7 Å². The predicted octanol–water partition coefficient (Wildman–Crippen LogP) is 3.35. The molecule has 1 aromatic heterocycles. The Morgan fingerprint density at radius 2 is 1.69 bits per heavy atom. The molecule has 26 heavy (non-hydrogen) atoms. The molecule has 0 aliphatic rings. The molecule has 134 valence electrons. The van der Waals surface area contributed by atoms with E-state index in [1.165, 1.54) is 6.07 Å². The number of carbonyl (C=O) groups is 2. The molecule has 2 N–H and O–H groups in total. The Balaban J connectivity index is 1.51. The van der Waals surface area contributed by atoms with E-state index in [1.54, 1.807) is 25.1 Å². The second kappa shape index (κ2) is 7.39. The third-order valence-electron chi connectivity index (χ3n) is 4.03. The number of furan rings is 1. The van der Waals surface area contributed by atoms with Gasteiger partial charge in [0.05, 0.1) is 0 Å². The molecule has 0 fully saturated rings. The monoisotopic (exact) mass is 354 g/mol. The smallest absolute Gasteiger partial charge is 0.287 e. The van der Waals surface area contributed by atoms with Crippen LogP contribution in [0, 0.1) is 19.7 Å². The molecule has 3 aromatic rings. The lowest BCUT2D eigenvalue weighted by Gasteiger charge is -2.07. The Kier molecular flexibility index (Phi) is 5.02. The topological polar surface area (TPSA) is 71.3 Å². The van der Waals surface area contributed by atoms with Crippen LogP contribution >= 0.6 is 0 Å². The lowest BCUT2D eigenvalue weighted by Crippen LogP contribution is -2.34. The van der Waals surface area contributed by atoms with E-state index in [4.69, 9.17) is 4.42 Å². The molecule has 0 atom stereocenters. The molecule has 0 radical (unpaired) electrons. The number of fused-ring (bicyclic) bond motifs is 1. The molecular weight excluding hydrogens is 335 g/mol. The number of hydrogen-bond donors (Lipinski definition) is 2. The van der Waals surface area contributed by atoms with Crippen LogP contribution in [-0.4, -0.2) is 24.9 Å². The number of amides is 2. The number of benzene rings is 2. The van der Waals surface area contributed by atoms with Gasteiger partial charge in [0.2, 0.25) is 0 Å². The summed E-state index contributed by atoms with van der Waals surface area (Å²) in [5.41, 5.74) is 2.46. The maximum atomic E-state index is 13.5. The largest absolute Gasteiger partial charge is 0.451 e. The molecule has 5 nitrogen and oxygen atoms in total. The third kappa shape index (κ3) is 3.91. The third-order valence-corrected chi connectivity index (χ3v) is 4.03. The van der Waals surface area contributed by atoms with Crippen molar-refractivity contribution in [1.82, 2.24) is 10.6 Å². The van der Waals surface area contributed by atoms with Gasteiger partial charge in [0.25, 0.3) is 11.8 Å². The second-order valence-corrected chi connectivity index (χ2v) is 6.13. The first-order valence-corrected chi connectivity index (χ1v) is 8.27. The van der Waals surface area contributed by atoms with Gasteiger partial charge in [-0.1, -0.05) is 17.7 Å². The molecule has 0 aliphatic carbocycles.